The Balaban J connectivity index is 1.57. The first-order valence-corrected chi connectivity index (χ1v) is 14.3. The number of nitrogens with one attached hydrogen (secondary N) is 2. The molecule has 1 atom stereocenters. The molecule has 0 aromatic heterocycles. The van der Waals surface area contributed by atoms with Gasteiger partial charge in [0.1, 0.15) is 16.2 Å². The van der Waals surface area contributed by atoms with E-state index >= 15 is 0 Å². The Bertz CT molecular complexity index is 1460. The van der Waals surface area contributed by atoms with E-state index in [2.05, 4.69) is 10.0 Å². The summed E-state index contributed by atoms with van der Waals surface area (Å²) in [5, 5.41) is 3.00. The fraction of sp³-hybridized carbons (Fsp3) is 0.308. The van der Waals surface area contributed by atoms with Gasteiger partial charge >= 0.3 is 6.18 Å². The van der Waals surface area contributed by atoms with Gasteiger partial charge in [-0.25, -0.2) is 8.42 Å². The van der Waals surface area contributed by atoms with Crippen LogP contribution in [0.3, 0.4) is 0 Å². The summed E-state index contributed by atoms with van der Waals surface area (Å²) in [5.41, 5.74) is -1.94. The van der Waals surface area contributed by atoms with Crippen LogP contribution in [0, 0.1) is 0 Å². The van der Waals surface area contributed by atoms with Crippen molar-refractivity contribution in [1.82, 2.24) is 5.32 Å². The van der Waals surface area contributed by atoms with E-state index in [0.29, 0.717) is 35.9 Å². The molecule has 0 amide bonds. The zero-order valence-electron chi connectivity index (χ0n) is 21.2. The third-order valence-electron chi connectivity index (χ3n) is 6.01. The molecule has 1 aliphatic rings. The Morgan fingerprint density at radius 3 is 2.28 bits per heavy atom. The van der Waals surface area contributed by atoms with E-state index in [4.69, 9.17) is 25.8 Å². The molecule has 0 aliphatic carbocycles. The molecule has 39 heavy (non-hydrogen) atoms. The molecule has 1 heterocycles. The average Bonchev–Trinajstić information content (AvgIpc) is 3.28. The smallest absolute Gasteiger partial charge is 0.419 e. The van der Waals surface area contributed by atoms with Gasteiger partial charge in [0.25, 0.3) is 10.0 Å². The van der Waals surface area contributed by atoms with E-state index in [0.717, 1.165) is 23.1 Å². The van der Waals surface area contributed by atoms with Gasteiger partial charge in [-0.05, 0) is 62.0 Å². The van der Waals surface area contributed by atoms with Crippen LogP contribution in [-0.4, -0.2) is 41.3 Å². The molecule has 210 valence electrons. The first-order chi connectivity index (χ1) is 18.3. The van der Waals surface area contributed by atoms with Gasteiger partial charge in [0.15, 0.2) is 11.5 Å². The van der Waals surface area contributed by atoms with E-state index in [9.17, 15) is 21.6 Å². The number of benzene rings is 3. The van der Waals surface area contributed by atoms with Crippen molar-refractivity contribution < 1.29 is 35.8 Å². The van der Waals surface area contributed by atoms with E-state index in [1.807, 2.05) is 6.07 Å². The zero-order valence-corrected chi connectivity index (χ0v) is 23.6. The number of anilines is 1. The number of hydrogen-bond donors (Lipinski definition) is 2. The molecule has 7 nitrogen and oxygen atoms in total. The molecular formula is C26H26ClF3N2O5S2. The number of alkyl halides is 3. The van der Waals surface area contributed by atoms with Crippen LogP contribution in [0.1, 0.15) is 18.9 Å². The molecule has 0 saturated carbocycles. The van der Waals surface area contributed by atoms with Gasteiger partial charge in [0, 0.05) is 28.8 Å². The van der Waals surface area contributed by atoms with Crippen LogP contribution in [0.4, 0.5) is 18.9 Å². The number of hydrogen-bond acceptors (Lipinski definition) is 7. The summed E-state index contributed by atoms with van der Waals surface area (Å²) in [6.45, 7) is 2.66. The maximum absolute atomic E-state index is 13.6. The quantitative estimate of drug-likeness (QED) is 0.291. The predicted octanol–water partition coefficient (Wildman–Crippen LogP) is 6.46. The molecule has 3 aromatic rings. The maximum Gasteiger partial charge on any atom is 0.419 e. The Labute approximate surface area is 234 Å². The van der Waals surface area contributed by atoms with Gasteiger partial charge in [-0.3, -0.25) is 4.72 Å². The number of rotatable bonds is 9. The minimum Gasteiger partial charge on any atom is -0.493 e. The van der Waals surface area contributed by atoms with Gasteiger partial charge in [-0.15, -0.1) is 0 Å². The number of methoxy groups -OCH3 is 2. The third kappa shape index (κ3) is 6.86. The summed E-state index contributed by atoms with van der Waals surface area (Å²) in [6, 6.07) is 12.6. The maximum atomic E-state index is 13.6. The molecule has 0 spiro atoms. The highest BCUT2D eigenvalue weighted by Crippen LogP contribution is 2.41. The van der Waals surface area contributed by atoms with Crippen LogP contribution >= 0.6 is 23.4 Å². The largest absolute Gasteiger partial charge is 0.493 e. The summed E-state index contributed by atoms with van der Waals surface area (Å²) in [4.78, 5) is 1.24. The van der Waals surface area contributed by atoms with Gasteiger partial charge in [-0.1, -0.05) is 23.4 Å². The summed E-state index contributed by atoms with van der Waals surface area (Å²) < 4.78 is 85.8. The zero-order chi connectivity index (χ0) is 28.4. The van der Waals surface area contributed by atoms with E-state index < -0.39 is 33.1 Å². The summed E-state index contributed by atoms with van der Waals surface area (Å²) in [7, 11) is -1.18. The molecule has 0 unspecified atom stereocenters. The lowest BCUT2D eigenvalue weighted by atomic mass is 10.1. The van der Waals surface area contributed by atoms with Gasteiger partial charge in [0.2, 0.25) is 0 Å². The lowest BCUT2D eigenvalue weighted by Crippen LogP contribution is -2.35. The second-order valence-electron chi connectivity index (χ2n) is 9.00. The molecule has 1 aliphatic heterocycles. The molecular weight excluding hydrogens is 577 g/mol. The van der Waals surface area contributed by atoms with Crippen LogP contribution in [0.15, 0.2) is 69.3 Å². The highest BCUT2D eigenvalue weighted by Gasteiger charge is 2.38. The lowest BCUT2D eigenvalue weighted by Gasteiger charge is -2.27. The predicted molar refractivity (Wildman–Crippen MR) is 144 cm³/mol. The summed E-state index contributed by atoms with van der Waals surface area (Å²) in [6.07, 6.45) is -4.18. The van der Waals surface area contributed by atoms with Crippen LogP contribution < -0.4 is 24.2 Å². The molecule has 1 saturated heterocycles. The lowest BCUT2D eigenvalue weighted by molar-refractivity contribution is -0.139. The molecule has 2 N–H and O–H groups in total. The van der Waals surface area contributed by atoms with E-state index in [1.54, 1.807) is 25.1 Å². The molecule has 0 radical (unpaired) electrons. The van der Waals surface area contributed by atoms with E-state index in [-0.39, 0.29) is 15.6 Å². The van der Waals surface area contributed by atoms with Gasteiger partial charge < -0.3 is 19.5 Å². The molecule has 4 rings (SSSR count). The van der Waals surface area contributed by atoms with E-state index in [1.165, 1.54) is 38.1 Å². The highest BCUT2D eigenvalue weighted by molar-refractivity contribution is 7.99. The van der Waals surface area contributed by atoms with Crippen molar-refractivity contribution in [3.05, 3.63) is 65.2 Å². The minimum absolute atomic E-state index is 0.0547. The minimum atomic E-state index is -4.68. The molecule has 1 fully saturated rings. The SMILES string of the molecule is COc1ccc(Sc2ccc(S(=O)(=O)Nc3ccc(C(F)(F)F)c(O[C@]4(C)CCNC4)c3)c(Cl)c2)cc1OC. The second-order valence-corrected chi connectivity index (χ2v) is 12.2. The van der Waals surface area contributed by atoms with Crippen molar-refractivity contribution in [3.8, 4) is 17.2 Å². The van der Waals surface area contributed by atoms with Crippen LogP contribution in [0.2, 0.25) is 5.02 Å². The van der Waals surface area contributed by atoms with Gasteiger partial charge in [-0.2, -0.15) is 13.2 Å². The highest BCUT2D eigenvalue weighted by atomic mass is 35.5. The first-order valence-electron chi connectivity index (χ1n) is 11.7. The molecule has 3 aromatic carbocycles. The van der Waals surface area contributed by atoms with Crippen LogP contribution in [0.25, 0.3) is 0 Å². The van der Waals surface area contributed by atoms with Gasteiger partial charge in [0.05, 0.1) is 30.5 Å². The fourth-order valence-corrected chi connectivity index (χ4v) is 6.59. The normalized spacial score (nSPS) is 17.6. The fourth-order valence-electron chi connectivity index (χ4n) is 4.04. The van der Waals surface area contributed by atoms with Crippen molar-refractivity contribution >= 4 is 39.1 Å². The summed E-state index contributed by atoms with van der Waals surface area (Å²) >= 11 is 7.67. The van der Waals surface area contributed by atoms with Crippen molar-refractivity contribution in [3.63, 3.8) is 0 Å². The third-order valence-corrected chi connectivity index (χ3v) is 8.85. The Kier molecular flexibility index (Phi) is 8.50. The van der Waals surface area contributed by atoms with Crippen molar-refractivity contribution in [1.29, 1.82) is 0 Å². The molecule has 13 heteroatoms. The Hall–Kier alpha value is -2.80. The summed E-state index contributed by atoms with van der Waals surface area (Å²) in [5.74, 6) is 0.648. The van der Waals surface area contributed by atoms with Crippen molar-refractivity contribution in [2.24, 2.45) is 0 Å². The number of halogens is 4. The Morgan fingerprint density at radius 1 is 0.974 bits per heavy atom. The second kappa shape index (κ2) is 11.4. The van der Waals surface area contributed by atoms with Crippen molar-refractivity contribution in [2.45, 2.75) is 39.8 Å². The monoisotopic (exact) mass is 602 g/mol. The Morgan fingerprint density at radius 2 is 1.67 bits per heavy atom. The number of sulfonamides is 1. The van der Waals surface area contributed by atoms with Crippen molar-refractivity contribution in [2.75, 3.05) is 32.0 Å². The number of ether oxygens (including phenoxy) is 3. The average molecular weight is 603 g/mol. The standard InChI is InChI=1S/C26H26ClF3N2O5S2/c1-25(10-11-31-15-25)37-22-12-16(4-7-19(22)26(28,29)30)32-39(33,34)24-9-6-17(13-20(24)27)38-18-5-8-21(35-2)23(14-18)36-3/h4-9,12-14,31-32H,10-11,15H2,1-3H3/t25-/m1/s1. The molecule has 0 bridgehead atoms. The van der Waals surface area contributed by atoms with Crippen LogP contribution in [0.5, 0.6) is 17.2 Å². The first kappa shape index (κ1) is 29.2. The van der Waals surface area contributed by atoms with Crippen LogP contribution in [-0.2, 0) is 16.2 Å². The topological polar surface area (TPSA) is 85.9 Å².